The van der Waals surface area contributed by atoms with Gasteiger partial charge >= 0.3 is 0 Å². The molecule has 3 aliphatic carbocycles. The molecule has 0 N–H and O–H groups in total. The first-order valence-corrected chi connectivity index (χ1v) is 11.2. The van der Waals surface area contributed by atoms with Crippen LogP contribution in [-0.2, 0) is 15.0 Å². The number of benzene rings is 3. The molecule has 3 aromatic rings. The van der Waals surface area contributed by atoms with Crippen LogP contribution in [0, 0.1) is 11.8 Å². The number of anilines is 1. The second-order valence-electron chi connectivity index (χ2n) is 8.44. The monoisotopic (exact) mass is 457 g/mol. The van der Waals surface area contributed by atoms with Gasteiger partial charge in [-0.3, -0.25) is 9.59 Å². The van der Waals surface area contributed by atoms with Crippen molar-refractivity contribution >= 4 is 33.4 Å². The lowest BCUT2D eigenvalue weighted by Gasteiger charge is -2.54. The Morgan fingerprint density at radius 1 is 0.833 bits per heavy atom. The van der Waals surface area contributed by atoms with Gasteiger partial charge in [0.15, 0.2) is 0 Å². The van der Waals surface area contributed by atoms with Crippen molar-refractivity contribution in [1.29, 1.82) is 0 Å². The van der Waals surface area contributed by atoms with Gasteiger partial charge in [-0.15, -0.1) is 0 Å². The predicted octanol–water partition coefficient (Wildman–Crippen LogP) is 5.41. The second-order valence-corrected chi connectivity index (χ2v) is 9.30. The van der Waals surface area contributed by atoms with Crippen LogP contribution >= 0.6 is 15.9 Å². The number of nitrogens with zero attached hydrogens (tertiary/aromatic N) is 1. The lowest BCUT2D eigenvalue weighted by molar-refractivity contribution is -0.123. The minimum atomic E-state index is -0.477. The lowest BCUT2D eigenvalue weighted by Crippen LogP contribution is -2.53. The van der Waals surface area contributed by atoms with Crippen LogP contribution in [0.4, 0.5) is 5.69 Å². The molecule has 1 aliphatic heterocycles. The molecule has 1 fully saturated rings. The van der Waals surface area contributed by atoms with Crippen LogP contribution < -0.4 is 4.90 Å². The summed E-state index contributed by atoms with van der Waals surface area (Å²) in [6, 6.07) is 24.3. The van der Waals surface area contributed by atoms with E-state index in [2.05, 4.69) is 59.3 Å². The number of imide groups is 1. The van der Waals surface area contributed by atoms with Gasteiger partial charge in [0.25, 0.3) is 0 Å². The number of hydrogen-bond acceptors (Lipinski definition) is 2. The Bertz CT molecular complexity index is 1190. The highest BCUT2D eigenvalue weighted by molar-refractivity contribution is 9.10. The summed E-state index contributed by atoms with van der Waals surface area (Å²) in [4.78, 5) is 29.3. The van der Waals surface area contributed by atoms with Crippen molar-refractivity contribution in [2.75, 3.05) is 4.90 Å². The van der Waals surface area contributed by atoms with E-state index in [1.54, 1.807) is 0 Å². The highest BCUT2D eigenvalue weighted by atomic mass is 79.9. The molecule has 1 heterocycles. The zero-order valence-electron chi connectivity index (χ0n) is 16.5. The highest BCUT2D eigenvalue weighted by Gasteiger charge is 2.67. The maximum atomic E-state index is 14.0. The van der Waals surface area contributed by atoms with Crippen molar-refractivity contribution in [3.05, 3.63) is 99.5 Å². The number of hydrogen-bond donors (Lipinski definition) is 0. The molecule has 3 aromatic carbocycles. The third-order valence-corrected chi connectivity index (χ3v) is 8.12. The summed E-state index contributed by atoms with van der Waals surface area (Å²) < 4.78 is 0.762. The predicted molar refractivity (Wildman–Crippen MR) is 119 cm³/mol. The van der Waals surface area contributed by atoms with E-state index >= 15 is 0 Å². The van der Waals surface area contributed by atoms with Crippen LogP contribution in [0.15, 0.2) is 77.3 Å². The van der Waals surface area contributed by atoms with E-state index in [9.17, 15) is 9.59 Å². The van der Waals surface area contributed by atoms with E-state index in [0.29, 0.717) is 5.69 Å². The van der Waals surface area contributed by atoms with Crippen molar-refractivity contribution in [3.63, 3.8) is 0 Å². The molecule has 0 saturated carbocycles. The van der Waals surface area contributed by atoms with Crippen molar-refractivity contribution < 1.29 is 9.59 Å². The van der Waals surface area contributed by atoms with E-state index in [4.69, 9.17) is 0 Å². The van der Waals surface area contributed by atoms with E-state index in [-0.39, 0.29) is 29.6 Å². The average Bonchev–Trinajstić information content (AvgIpc) is 3.05. The first-order valence-electron chi connectivity index (χ1n) is 10.4. The number of halogens is 1. The molecule has 4 heteroatoms. The summed E-state index contributed by atoms with van der Waals surface area (Å²) in [7, 11) is 0. The van der Waals surface area contributed by atoms with Crippen LogP contribution in [0.1, 0.15) is 41.5 Å². The maximum absolute atomic E-state index is 14.0. The third kappa shape index (κ3) is 1.96. The second kappa shape index (κ2) is 6.14. The summed E-state index contributed by atoms with van der Waals surface area (Å²) in [6.07, 6.45) is 0.776. The van der Waals surface area contributed by atoms with Crippen LogP contribution in [-0.4, -0.2) is 11.8 Å². The smallest absolute Gasteiger partial charge is 0.239 e. The van der Waals surface area contributed by atoms with E-state index in [1.807, 2.05) is 36.4 Å². The van der Waals surface area contributed by atoms with Gasteiger partial charge < -0.3 is 0 Å². The number of rotatable bonds is 2. The molecule has 1 saturated heterocycles. The summed E-state index contributed by atoms with van der Waals surface area (Å²) in [6.45, 7) is 2.15. The Labute approximate surface area is 183 Å². The first kappa shape index (κ1) is 18.1. The Morgan fingerprint density at radius 2 is 1.40 bits per heavy atom. The largest absolute Gasteiger partial charge is 0.274 e. The van der Waals surface area contributed by atoms with Crippen molar-refractivity contribution in [1.82, 2.24) is 0 Å². The van der Waals surface area contributed by atoms with Crippen LogP contribution in [0.3, 0.4) is 0 Å². The SMILES string of the molecule is CCC12c3ccccc3C(c3ccccc31)C1C(=O)N(c3ccccc3Br)C(=O)C12. The molecule has 0 radical (unpaired) electrons. The van der Waals surface area contributed by atoms with Gasteiger partial charge in [0.05, 0.1) is 17.5 Å². The highest BCUT2D eigenvalue weighted by Crippen LogP contribution is 2.65. The molecule has 2 amide bonds. The quantitative estimate of drug-likeness (QED) is 0.482. The normalized spacial score (nSPS) is 28.3. The molecule has 30 heavy (non-hydrogen) atoms. The minimum Gasteiger partial charge on any atom is -0.274 e. The standard InChI is InChI=1S/C26H20BrNO2/c1-2-26-17-11-5-3-9-15(17)21(16-10-4-6-12-18(16)26)22-23(26)25(30)28(24(22)29)20-14-8-7-13-19(20)27/h3-14,21-23H,2H2,1H3. The Hall–Kier alpha value is -2.72. The zero-order valence-corrected chi connectivity index (χ0v) is 18.1. The molecule has 4 aliphatic rings. The number of carbonyl (C=O) groups is 2. The first-order chi connectivity index (χ1) is 14.6. The van der Waals surface area contributed by atoms with Gasteiger partial charge in [0.1, 0.15) is 0 Å². The van der Waals surface area contributed by atoms with E-state index in [1.165, 1.54) is 27.2 Å². The molecule has 148 valence electrons. The van der Waals surface area contributed by atoms with Crippen LogP contribution in [0.2, 0.25) is 0 Å². The Morgan fingerprint density at radius 3 is 2.00 bits per heavy atom. The van der Waals surface area contributed by atoms with Gasteiger partial charge in [0.2, 0.25) is 11.8 Å². The van der Waals surface area contributed by atoms with E-state index < -0.39 is 5.41 Å². The van der Waals surface area contributed by atoms with Gasteiger partial charge in [-0.1, -0.05) is 67.6 Å². The summed E-state index contributed by atoms with van der Waals surface area (Å²) in [5, 5.41) is 0. The van der Waals surface area contributed by atoms with Crippen molar-refractivity contribution in [2.24, 2.45) is 11.8 Å². The van der Waals surface area contributed by atoms with Crippen LogP contribution in [0.25, 0.3) is 0 Å². The number of carbonyl (C=O) groups excluding carboxylic acids is 2. The molecule has 0 aromatic heterocycles. The fourth-order valence-corrected chi connectivity index (χ4v) is 6.86. The minimum absolute atomic E-state index is 0.0762. The van der Waals surface area contributed by atoms with Gasteiger partial charge in [0, 0.05) is 15.8 Å². The molecule has 2 atom stereocenters. The summed E-state index contributed by atoms with van der Waals surface area (Å²) in [5.41, 5.74) is 5.00. The lowest BCUT2D eigenvalue weighted by atomic mass is 9.46. The molecule has 7 rings (SSSR count). The molecule has 3 nitrogen and oxygen atoms in total. The molecular formula is C26H20BrNO2. The average molecular weight is 458 g/mol. The topological polar surface area (TPSA) is 37.4 Å². The van der Waals surface area contributed by atoms with Crippen molar-refractivity contribution in [2.45, 2.75) is 24.7 Å². The number of para-hydroxylation sites is 1. The zero-order chi connectivity index (χ0) is 20.6. The summed E-state index contributed by atoms with van der Waals surface area (Å²) in [5.74, 6) is -0.984. The Kier molecular flexibility index (Phi) is 3.70. The fourth-order valence-electron chi connectivity index (χ4n) is 6.40. The van der Waals surface area contributed by atoms with Crippen LogP contribution in [0.5, 0.6) is 0 Å². The maximum Gasteiger partial charge on any atom is 0.239 e. The fraction of sp³-hybridized carbons (Fsp3) is 0.231. The van der Waals surface area contributed by atoms with Gasteiger partial charge in [-0.2, -0.15) is 0 Å². The van der Waals surface area contributed by atoms with Gasteiger partial charge in [-0.05, 0) is 56.7 Å². The molecule has 0 spiro atoms. The molecular weight excluding hydrogens is 438 g/mol. The van der Waals surface area contributed by atoms with Crippen molar-refractivity contribution in [3.8, 4) is 0 Å². The third-order valence-electron chi connectivity index (χ3n) is 7.45. The molecule has 2 unspecified atom stereocenters. The van der Waals surface area contributed by atoms with E-state index in [0.717, 1.165) is 10.9 Å². The Balaban J connectivity index is 1.66. The number of amides is 2. The molecule has 2 bridgehead atoms. The van der Waals surface area contributed by atoms with Gasteiger partial charge in [-0.25, -0.2) is 4.90 Å². The summed E-state index contributed by atoms with van der Waals surface area (Å²) >= 11 is 3.55.